The van der Waals surface area contributed by atoms with Crippen LogP contribution in [0.1, 0.15) is 33.3 Å². The minimum absolute atomic E-state index is 0.116. The van der Waals surface area contributed by atoms with Gasteiger partial charge >= 0.3 is 5.97 Å². The van der Waals surface area contributed by atoms with Crippen LogP contribution in [0.4, 0.5) is 5.69 Å². The van der Waals surface area contributed by atoms with Crippen molar-refractivity contribution < 1.29 is 14.7 Å². The van der Waals surface area contributed by atoms with E-state index in [9.17, 15) is 9.59 Å². The highest BCUT2D eigenvalue weighted by atomic mass is 35.5. The Kier molecular flexibility index (Phi) is 3.19. The predicted octanol–water partition coefficient (Wildman–Crippen LogP) is 2.97. The van der Waals surface area contributed by atoms with Crippen LogP contribution in [-0.4, -0.2) is 21.4 Å². The summed E-state index contributed by atoms with van der Waals surface area (Å²) in [6.45, 7) is 0. The largest absolute Gasteiger partial charge is 0.476 e. The van der Waals surface area contributed by atoms with Crippen molar-refractivity contribution in [3.05, 3.63) is 45.4 Å². The number of carboxylic acid groups (broad SMARTS) is 1. The van der Waals surface area contributed by atoms with Crippen molar-refractivity contribution >= 4 is 40.7 Å². The number of anilines is 1. The summed E-state index contributed by atoms with van der Waals surface area (Å²) in [5.74, 6) is -1.63. The monoisotopic (exact) mass is 308 g/mol. The fourth-order valence-corrected chi connectivity index (χ4v) is 3.49. The summed E-state index contributed by atoms with van der Waals surface area (Å²) in [6.07, 6.45) is 0.234. The standard InChI is InChI=1S/C13H9ClN2O3S/c14-8-4-2-1-3-6(8)7-5-9(17)15-10-11(13(18)19)16-20-12(7)10/h1-4,7H,5H2,(H,15,17)(H,18,19)/t7-/m1/s1. The van der Waals surface area contributed by atoms with Crippen molar-refractivity contribution in [1.29, 1.82) is 0 Å². The van der Waals surface area contributed by atoms with Gasteiger partial charge in [-0.25, -0.2) is 4.79 Å². The molecule has 7 heteroatoms. The Morgan fingerprint density at radius 3 is 2.90 bits per heavy atom. The summed E-state index contributed by atoms with van der Waals surface area (Å²) in [5, 5.41) is 12.2. The molecule has 0 saturated heterocycles. The van der Waals surface area contributed by atoms with Gasteiger partial charge in [-0.3, -0.25) is 4.79 Å². The average Bonchev–Trinajstić information content (AvgIpc) is 2.82. The predicted molar refractivity (Wildman–Crippen MR) is 75.6 cm³/mol. The number of nitrogens with zero attached hydrogens (tertiary/aromatic N) is 1. The van der Waals surface area contributed by atoms with E-state index in [4.69, 9.17) is 16.7 Å². The molecule has 2 aromatic rings. The first-order chi connectivity index (χ1) is 9.58. The van der Waals surface area contributed by atoms with E-state index in [0.717, 1.165) is 22.0 Å². The van der Waals surface area contributed by atoms with E-state index in [1.165, 1.54) is 0 Å². The number of amides is 1. The lowest BCUT2D eigenvalue weighted by Crippen LogP contribution is -2.23. The van der Waals surface area contributed by atoms with Crippen molar-refractivity contribution in [2.75, 3.05) is 5.32 Å². The molecule has 2 heterocycles. The van der Waals surface area contributed by atoms with Crippen LogP contribution in [0, 0.1) is 0 Å². The molecule has 0 saturated carbocycles. The Labute approximate surface area is 123 Å². The van der Waals surface area contributed by atoms with Gasteiger partial charge in [-0.05, 0) is 23.2 Å². The van der Waals surface area contributed by atoms with Gasteiger partial charge in [0.15, 0.2) is 5.69 Å². The molecule has 2 N–H and O–H groups in total. The van der Waals surface area contributed by atoms with E-state index in [2.05, 4.69) is 9.69 Å². The van der Waals surface area contributed by atoms with Crippen molar-refractivity contribution in [1.82, 2.24) is 4.37 Å². The van der Waals surface area contributed by atoms with Crippen LogP contribution in [-0.2, 0) is 4.79 Å². The molecule has 1 atom stereocenters. The molecule has 1 aliphatic rings. The maximum atomic E-state index is 11.8. The first kappa shape index (κ1) is 13.1. The highest BCUT2D eigenvalue weighted by Crippen LogP contribution is 2.43. The fraction of sp³-hybridized carbons (Fsp3) is 0.154. The Balaban J connectivity index is 2.14. The molecule has 3 rings (SSSR count). The third-order valence-corrected chi connectivity index (χ3v) is 4.48. The van der Waals surface area contributed by atoms with E-state index < -0.39 is 5.97 Å². The second-order valence-electron chi connectivity index (χ2n) is 4.40. The van der Waals surface area contributed by atoms with Crippen LogP contribution < -0.4 is 5.32 Å². The molecule has 0 unspecified atom stereocenters. The number of rotatable bonds is 2. The van der Waals surface area contributed by atoms with Crippen molar-refractivity contribution in [2.24, 2.45) is 0 Å². The summed E-state index contributed by atoms with van der Waals surface area (Å²) in [5.41, 5.74) is 0.990. The van der Waals surface area contributed by atoms with Gasteiger partial charge in [0.1, 0.15) is 0 Å². The highest BCUT2D eigenvalue weighted by molar-refractivity contribution is 7.06. The zero-order valence-electron chi connectivity index (χ0n) is 10.1. The lowest BCUT2D eigenvalue weighted by molar-refractivity contribution is -0.116. The number of aromatic carboxylic acids is 1. The topological polar surface area (TPSA) is 79.3 Å². The molecule has 0 aliphatic carbocycles. The quantitative estimate of drug-likeness (QED) is 0.894. The van der Waals surface area contributed by atoms with E-state index >= 15 is 0 Å². The Morgan fingerprint density at radius 1 is 1.45 bits per heavy atom. The molecule has 0 spiro atoms. The molecule has 1 amide bonds. The number of fused-ring (bicyclic) bond motifs is 1. The number of carbonyl (C=O) groups excluding carboxylic acids is 1. The smallest absolute Gasteiger partial charge is 0.357 e. The molecular formula is C13H9ClN2O3S. The molecule has 1 aromatic heterocycles. The number of carbonyl (C=O) groups is 2. The SMILES string of the molecule is O=C1C[C@H](c2ccccc2Cl)c2snc(C(=O)O)c2N1. The van der Waals surface area contributed by atoms with Gasteiger partial charge in [-0.2, -0.15) is 4.37 Å². The summed E-state index contributed by atoms with van der Waals surface area (Å²) in [7, 11) is 0. The van der Waals surface area contributed by atoms with Gasteiger partial charge in [0, 0.05) is 17.4 Å². The van der Waals surface area contributed by atoms with E-state index in [0.29, 0.717) is 10.7 Å². The van der Waals surface area contributed by atoms with E-state index in [1.54, 1.807) is 6.07 Å². The number of hydrogen-bond acceptors (Lipinski definition) is 4. The second-order valence-corrected chi connectivity index (χ2v) is 5.61. The average molecular weight is 309 g/mol. The first-order valence-electron chi connectivity index (χ1n) is 5.85. The molecule has 0 fully saturated rings. The molecule has 1 aromatic carbocycles. The van der Waals surface area contributed by atoms with Crippen LogP contribution in [0.25, 0.3) is 0 Å². The number of hydrogen-bond donors (Lipinski definition) is 2. The zero-order valence-corrected chi connectivity index (χ0v) is 11.7. The van der Waals surface area contributed by atoms with Crippen molar-refractivity contribution in [3.63, 3.8) is 0 Å². The molecule has 0 radical (unpaired) electrons. The van der Waals surface area contributed by atoms with Gasteiger partial charge in [-0.1, -0.05) is 29.8 Å². The zero-order chi connectivity index (χ0) is 14.3. The molecule has 1 aliphatic heterocycles. The normalized spacial score (nSPS) is 17.4. The number of aromatic nitrogens is 1. The van der Waals surface area contributed by atoms with Gasteiger partial charge in [-0.15, -0.1) is 0 Å². The van der Waals surface area contributed by atoms with Crippen LogP contribution >= 0.6 is 23.1 Å². The molecule has 102 valence electrons. The van der Waals surface area contributed by atoms with Crippen LogP contribution in [0.15, 0.2) is 24.3 Å². The fourth-order valence-electron chi connectivity index (χ4n) is 2.28. The van der Waals surface area contributed by atoms with E-state index in [1.807, 2.05) is 18.2 Å². The van der Waals surface area contributed by atoms with Crippen molar-refractivity contribution in [3.8, 4) is 0 Å². The number of nitrogens with one attached hydrogen (secondary N) is 1. The van der Waals surface area contributed by atoms with Crippen LogP contribution in [0.3, 0.4) is 0 Å². The maximum Gasteiger partial charge on any atom is 0.357 e. The molecule has 5 nitrogen and oxygen atoms in total. The highest BCUT2D eigenvalue weighted by Gasteiger charge is 2.33. The third-order valence-electron chi connectivity index (χ3n) is 3.17. The molecule has 0 bridgehead atoms. The molecule has 20 heavy (non-hydrogen) atoms. The summed E-state index contributed by atoms with van der Waals surface area (Å²) in [6, 6.07) is 7.25. The van der Waals surface area contributed by atoms with Gasteiger partial charge in [0.2, 0.25) is 5.91 Å². The minimum Gasteiger partial charge on any atom is -0.476 e. The van der Waals surface area contributed by atoms with Crippen LogP contribution in [0.2, 0.25) is 5.02 Å². The Bertz CT molecular complexity index is 713. The lowest BCUT2D eigenvalue weighted by atomic mass is 9.90. The Hall–Kier alpha value is -1.92. The molecular weight excluding hydrogens is 300 g/mol. The van der Waals surface area contributed by atoms with Gasteiger partial charge in [0.25, 0.3) is 0 Å². The second kappa shape index (κ2) is 4.88. The van der Waals surface area contributed by atoms with Crippen LogP contribution in [0.5, 0.6) is 0 Å². The lowest BCUT2D eigenvalue weighted by Gasteiger charge is -2.23. The Morgan fingerprint density at radius 2 is 2.20 bits per heavy atom. The minimum atomic E-state index is -1.15. The van der Waals surface area contributed by atoms with Gasteiger partial charge < -0.3 is 10.4 Å². The maximum absolute atomic E-state index is 11.8. The van der Waals surface area contributed by atoms with E-state index in [-0.39, 0.29) is 23.9 Å². The summed E-state index contributed by atoms with van der Waals surface area (Å²) in [4.78, 5) is 23.7. The first-order valence-corrected chi connectivity index (χ1v) is 7.00. The number of benzene rings is 1. The van der Waals surface area contributed by atoms with Crippen molar-refractivity contribution in [2.45, 2.75) is 12.3 Å². The third kappa shape index (κ3) is 2.07. The number of carboxylic acids is 1. The summed E-state index contributed by atoms with van der Waals surface area (Å²) >= 11 is 7.27. The summed E-state index contributed by atoms with van der Waals surface area (Å²) < 4.78 is 3.92. The van der Waals surface area contributed by atoms with Gasteiger partial charge in [0.05, 0.1) is 10.6 Å². The number of halogens is 1.